The highest BCUT2D eigenvalue weighted by Crippen LogP contribution is 2.60. The predicted octanol–water partition coefficient (Wildman–Crippen LogP) is 2.17. The van der Waals surface area contributed by atoms with Gasteiger partial charge in [0.25, 0.3) is 5.69 Å². The molecule has 32 heavy (non-hydrogen) atoms. The number of fused-ring (bicyclic) bond motifs is 7. The largest absolute Gasteiger partial charge is 0.324 e. The molecule has 2 aromatic carbocycles. The molecule has 0 aliphatic carbocycles. The Morgan fingerprint density at radius 2 is 1.94 bits per heavy atom. The number of carbonyl (C=O) groups excluding carboxylic acids is 3. The average Bonchev–Trinajstić information content (AvgIpc) is 3.46. The fraction of sp³-hybridized carbons (Fsp3) is 0.318. The Balaban J connectivity index is 1.54. The molecule has 4 heterocycles. The van der Waals surface area contributed by atoms with Crippen LogP contribution >= 0.6 is 0 Å². The molecule has 0 unspecified atom stereocenters. The zero-order valence-electron chi connectivity index (χ0n) is 16.7. The minimum atomic E-state index is -1.48. The number of carbonyl (C=O) groups is 3. The van der Waals surface area contributed by atoms with Crippen molar-refractivity contribution >= 4 is 34.8 Å². The molecule has 3 saturated heterocycles. The number of anilines is 2. The summed E-state index contributed by atoms with van der Waals surface area (Å²) in [7, 11) is 0. The molecule has 0 aromatic heterocycles. The molecule has 0 radical (unpaired) electrons. The summed E-state index contributed by atoms with van der Waals surface area (Å²) >= 11 is 0. The number of amides is 3. The second kappa shape index (κ2) is 6.19. The van der Waals surface area contributed by atoms with E-state index in [0.717, 1.165) is 11.3 Å². The summed E-state index contributed by atoms with van der Waals surface area (Å²) in [4.78, 5) is 54.2. The van der Waals surface area contributed by atoms with Crippen molar-refractivity contribution in [3.8, 4) is 0 Å². The molecule has 6 rings (SSSR count). The molecule has 4 aliphatic heterocycles. The Labute approximate surface area is 180 Å². The van der Waals surface area contributed by atoms with E-state index in [1.807, 2.05) is 4.90 Å². The summed E-state index contributed by atoms with van der Waals surface area (Å²) in [6.45, 7) is 0.512. The van der Waals surface area contributed by atoms with Crippen LogP contribution in [0.3, 0.4) is 0 Å². The third kappa shape index (κ3) is 2.12. The van der Waals surface area contributed by atoms with E-state index < -0.39 is 45.8 Å². The molecule has 3 fully saturated rings. The zero-order valence-corrected chi connectivity index (χ0v) is 16.7. The fourth-order valence-electron chi connectivity index (χ4n) is 6.18. The maximum Gasteiger partial charge on any atom is 0.271 e. The lowest BCUT2D eigenvalue weighted by Crippen LogP contribution is -2.54. The summed E-state index contributed by atoms with van der Waals surface area (Å²) in [6.07, 6.45) is 1.37. The molecule has 1 spiro atoms. The zero-order chi connectivity index (χ0) is 22.4. The first-order chi connectivity index (χ1) is 15.4. The fourth-order valence-corrected chi connectivity index (χ4v) is 6.18. The lowest BCUT2D eigenvalue weighted by Gasteiger charge is -2.36. The van der Waals surface area contributed by atoms with Gasteiger partial charge in [-0.1, -0.05) is 6.07 Å². The normalized spacial score (nSPS) is 30.6. The SMILES string of the molecule is O=C1[C@H]2[C@@H](C(=O)N1c1cccc([N+](=O)[O-])c1)[C@@]1(C(=O)Nc3ccc(F)cc31)N1CCC[C@@H]21. The van der Waals surface area contributed by atoms with Gasteiger partial charge in [-0.3, -0.25) is 29.4 Å². The Bertz CT molecular complexity index is 1250. The van der Waals surface area contributed by atoms with Crippen molar-refractivity contribution in [2.45, 2.75) is 24.4 Å². The van der Waals surface area contributed by atoms with E-state index in [1.165, 1.54) is 42.5 Å². The van der Waals surface area contributed by atoms with E-state index in [2.05, 4.69) is 5.32 Å². The van der Waals surface area contributed by atoms with Gasteiger partial charge in [-0.25, -0.2) is 9.29 Å². The molecule has 9 nitrogen and oxygen atoms in total. The van der Waals surface area contributed by atoms with Crippen LogP contribution in [0.25, 0.3) is 0 Å². The third-order valence-corrected chi connectivity index (χ3v) is 7.25. The van der Waals surface area contributed by atoms with Gasteiger partial charge in [-0.05, 0) is 43.7 Å². The van der Waals surface area contributed by atoms with Crippen LogP contribution in [0, 0.1) is 27.8 Å². The summed E-state index contributed by atoms with van der Waals surface area (Å²) < 4.78 is 14.3. The van der Waals surface area contributed by atoms with Gasteiger partial charge in [0.15, 0.2) is 0 Å². The first kappa shape index (κ1) is 19.1. The molecule has 0 bridgehead atoms. The Morgan fingerprint density at radius 3 is 2.72 bits per heavy atom. The van der Waals surface area contributed by atoms with Crippen molar-refractivity contribution in [2.75, 3.05) is 16.8 Å². The topological polar surface area (TPSA) is 113 Å². The van der Waals surface area contributed by atoms with E-state index in [1.54, 1.807) is 0 Å². The van der Waals surface area contributed by atoms with E-state index in [4.69, 9.17) is 0 Å². The summed E-state index contributed by atoms with van der Waals surface area (Å²) in [5.74, 6) is -3.88. The summed E-state index contributed by atoms with van der Waals surface area (Å²) in [6, 6.07) is 8.95. The summed E-state index contributed by atoms with van der Waals surface area (Å²) in [5.41, 5.74) is -0.837. The first-order valence-corrected chi connectivity index (χ1v) is 10.4. The van der Waals surface area contributed by atoms with Gasteiger partial charge >= 0.3 is 0 Å². The van der Waals surface area contributed by atoms with Crippen LogP contribution in [-0.2, 0) is 19.9 Å². The van der Waals surface area contributed by atoms with Crippen LogP contribution in [0.2, 0.25) is 0 Å². The number of nitro benzene ring substituents is 1. The molecule has 4 aliphatic rings. The standard InChI is InChI=1S/C22H17FN4O5/c23-11-6-7-15-14(9-11)22(21(30)24-15)18-17(16-5-2-8-25(16)22)19(28)26(20(18)29)12-3-1-4-13(10-12)27(31)32/h1,3-4,6-7,9-10,16-18H,2,5,8H2,(H,24,30)/t16-,17+,18-,22-/m0/s1. The number of hydrogen-bond donors (Lipinski definition) is 1. The van der Waals surface area contributed by atoms with Crippen LogP contribution in [0.4, 0.5) is 21.5 Å². The molecular weight excluding hydrogens is 419 g/mol. The monoisotopic (exact) mass is 436 g/mol. The lowest BCUT2D eigenvalue weighted by atomic mass is 9.75. The Kier molecular flexibility index (Phi) is 3.69. The number of hydrogen-bond acceptors (Lipinski definition) is 6. The maximum absolute atomic E-state index is 14.3. The maximum atomic E-state index is 14.3. The van der Waals surface area contributed by atoms with Crippen molar-refractivity contribution in [3.63, 3.8) is 0 Å². The third-order valence-electron chi connectivity index (χ3n) is 7.25. The number of nitro groups is 1. The van der Waals surface area contributed by atoms with Crippen molar-refractivity contribution in [1.29, 1.82) is 0 Å². The Morgan fingerprint density at radius 1 is 1.12 bits per heavy atom. The van der Waals surface area contributed by atoms with Gasteiger partial charge in [0.2, 0.25) is 17.7 Å². The second-order valence-corrected chi connectivity index (χ2v) is 8.61. The number of benzene rings is 2. The van der Waals surface area contributed by atoms with Crippen molar-refractivity contribution in [3.05, 3.63) is 64.0 Å². The minimum Gasteiger partial charge on any atom is -0.324 e. The molecule has 1 N–H and O–H groups in total. The van der Waals surface area contributed by atoms with Gasteiger partial charge in [0, 0.05) is 29.4 Å². The molecule has 162 valence electrons. The van der Waals surface area contributed by atoms with Gasteiger partial charge in [0.05, 0.1) is 22.4 Å². The van der Waals surface area contributed by atoms with E-state index in [-0.39, 0.29) is 17.4 Å². The number of nitrogens with zero attached hydrogens (tertiary/aromatic N) is 3. The molecule has 4 atom stereocenters. The number of imide groups is 1. The number of halogens is 1. The van der Waals surface area contributed by atoms with Gasteiger partial charge in [-0.15, -0.1) is 0 Å². The molecule has 3 amide bonds. The van der Waals surface area contributed by atoms with Crippen molar-refractivity contribution < 1.29 is 23.7 Å². The first-order valence-electron chi connectivity index (χ1n) is 10.4. The van der Waals surface area contributed by atoms with Gasteiger partial charge in [0.1, 0.15) is 11.4 Å². The van der Waals surface area contributed by atoms with Gasteiger partial charge in [-0.2, -0.15) is 0 Å². The molecule has 10 heteroatoms. The van der Waals surface area contributed by atoms with E-state index in [0.29, 0.717) is 24.2 Å². The highest BCUT2D eigenvalue weighted by molar-refractivity contribution is 6.25. The molecule has 2 aromatic rings. The number of nitrogens with one attached hydrogen (secondary N) is 1. The number of rotatable bonds is 2. The molecule has 0 saturated carbocycles. The number of non-ortho nitro benzene ring substituents is 1. The second-order valence-electron chi connectivity index (χ2n) is 8.61. The smallest absolute Gasteiger partial charge is 0.271 e. The van der Waals surface area contributed by atoms with E-state index >= 15 is 0 Å². The minimum absolute atomic E-state index is 0.0983. The van der Waals surface area contributed by atoms with Crippen LogP contribution in [0.1, 0.15) is 18.4 Å². The van der Waals surface area contributed by atoms with Gasteiger partial charge < -0.3 is 5.32 Å². The van der Waals surface area contributed by atoms with Crippen LogP contribution in [-0.4, -0.2) is 40.1 Å². The van der Waals surface area contributed by atoms with Crippen LogP contribution in [0.5, 0.6) is 0 Å². The Hall–Kier alpha value is -3.66. The van der Waals surface area contributed by atoms with Crippen LogP contribution in [0.15, 0.2) is 42.5 Å². The summed E-state index contributed by atoms with van der Waals surface area (Å²) in [5, 5.41) is 14.0. The van der Waals surface area contributed by atoms with E-state index in [9.17, 15) is 28.9 Å². The predicted molar refractivity (Wildman–Crippen MR) is 109 cm³/mol. The average molecular weight is 436 g/mol. The van der Waals surface area contributed by atoms with Crippen molar-refractivity contribution in [1.82, 2.24) is 4.90 Å². The lowest BCUT2D eigenvalue weighted by molar-refractivity contribution is -0.384. The van der Waals surface area contributed by atoms with Crippen LogP contribution < -0.4 is 10.2 Å². The quantitative estimate of drug-likeness (QED) is 0.439. The van der Waals surface area contributed by atoms with Crippen molar-refractivity contribution in [2.24, 2.45) is 11.8 Å². The highest BCUT2D eigenvalue weighted by atomic mass is 19.1. The molecular formula is C22H17FN4O5. The highest BCUT2D eigenvalue weighted by Gasteiger charge is 2.74.